The third-order valence-electron chi connectivity index (χ3n) is 3.21. The summed E-state index contributed by atoms with van der Waals surface area (Å²) in [6.45, 7) is 0. The van der Waals surface area contributed by atoms with Crippen LogP contribution in [0.25, 0.3) is 0 Å². The maximum Gasteiger partial charge on any atom is 0.141 e. The molecule has 0 aliphatic heterocycles. The molecule has 0 aromatic heterocycles. The molecule has 0 spiro atoms. The van der Waals surface area contributed by atoms with Crippen molar-refractivity contribution >= 4 is 17.4 Å². The van der Waals surface area contributed by atoms with Gasteiger partial charge in [0.1, 0.15) is 11.6 Å². The number of rotatable bonds is 4. The van der Waals surface area contributed by atoms with Gasteiger partial charge >= 0.3 is 0 Å². The molecule has 0 atom stereocenters. The third-order valence-corrected chi connectivity index (χ3v) is 3.45. The molecule has 3 heteroatoms. The van der Waals surface area contributed by atoms with Crippen molar-refractivity contribution in [3.8, 4) is 0 Å². The second kappa shape index (κ2) is 6.14. The van der Waals surface area contributed by atoms with Gasteiger partial charge in [0.25, 0.3) is 0 Å². The Morgan fingerprint density at radius 1 is 1.28 bits per heavy atom. The molecule has 0 radical (unpaired) electrons. The smallest absolute Gasteiger partial charge is 0.141 e. The van der Waals surface area contributed by atoms with Crippen molar-refractivity contribution in [2.75, 3.05) is 0 Å². The summed E-state index contributed by atoms with van der Waals surface area (Å²) in [5.74, 6) is -0.321. The number of halogens is 2. The zero-order chi connectivity index (χ0) is 13.0. The van der Waals surface area contributed by atoms with Gasteiger partial charge in [0, 0.05) is 17.9 Å². The third kappa shape index (κ3) is 3.67. The molecule has 1 aromatic rings. The van der Waals surface area contributed by atoms with Gasteiger partial charge in [-0.25, -0.2) is 4.39 Å². The van der Waals surface area contributed by atoms with E-state index in [-0.39, 0.29) is 12.2 Å². The van der Waals surface area contributed by atoms with Crippen molar-refractivity contribution in [1.82, 2.24) is 0 Å². The minimum absolute atomic E-state index is 0.0735. The highest BCUT2D eigenvalue weighted by Crippen LogP contribution is 2.22. The Labute approximate surface area is 112 Å². The van der Waals surface area contributed by atoms with E-state index in [2.05, 4.69) is 6.08 Å². The molecule has 1 nitrogen and oxygen atoms in total. The number of carbonyl (C=O) groups is 1. The lowest BCUT2D eigenvalue weighted by Gasteiger charge is -2.12. The molecule has 96 valence electrons. The molecular formula is C15H16ClFO. The molecule has 1 aromatic carbocycles. The van der Waals surface area contributed by atoms with Crippen LogP contribution in [0.5, 0.6) is 0 Å². The molecule has 18 heavy (non-hydrogen) atoms. The average Bonchev–Trinajstić information content (AvgIpc) is 2.34. The van der Waals surface area contributed by atoms with Crippen LogP contribution in [0, 0.1) is 5.82 Å². The Bertz CT molecular complexity index is 479. The average molecular weight is 267 g/mol. The van der Waals surface area contributed by atoms with E-state index in [1.165, 1.54) is 18.1 Å². The molecule has 0 amide bonds. The van der Waals surface area contributed by atoms with Crippen LogP contribution < -0.4 is 0 Å². The van der Waals surface area contributed by atoms with Crippen molar-refractivity contribution in [1.29, 1.82) is 0 Å². The first-order valence-corrected chi connectivity index (χ1v) is 6.66. The Kier molecular flexibility index (Phi) is 4.54. The van der Waals surface area contributed by atoms with E-state index < -0.39 is 5.82 Å². The summed E-state index contributed by atoms with van der Waals surface area (Å²) in [5, 5.41) is 0.360. The van der Waals surface area contributed by atoms with E-state index in [0.29, 0.717) is 17.0 Å². The molecule has 0 saturated carbocycles. The summed E-state index contributed by atoms with van der Waals surface area (Å²) < 4.78 is 13.5. The summed E-state index contributed by atoms with van der Waals surface area (Å²) >= 11 is 5.68. The number of hydrogen-bond donors (Lipinski definition) is 0. The fourth-order valence-electron chi connectivity index (χ4n) is 2.26. The summed E-state index contributed by atoms with van der Waals surface area (Å²) in [6.07, 6.45) is 7.21. The second-order valence-electron chi connectivity index (χ2n) is 4.74. The van der Waals surface area contributed by atoms with E-state index in [0.717, 1.165) is 19.3 Å². The normalized spacial score (nSPS) is 15.3. The van der Waals surface area contributed by atoms with Crippen LogP contribution in [0.1, 0.15) is 37.7 Å². The number of hydrogen-bond acceptors (Lipinski definition) is 1. The zero-order valence-electron chi connectivity index (χ0n) is 10.2. The molecule has 0 unspecified atom stereocenters. The highest BCUT2D eigenvalue weighted by atomic mass is 35.5. The van der Waals surface area contributed by atoms with Crippen LogP contribution >= 0.6 is 11.6 Å². The van der Waals surface area contributed by atoms with Crippen molar-refractivity contribution in [3.63, 3.8) is 0 Å². The lowest BCUT2D eigenvalue weighted by Crippen LogP contribution is -2.07. The maximum atomic E-state index is 13.5. The molecule has 2 rings (SSSR count). The number of benzene rings is 1. The monoisotopic (exact) mass is 266 g/mol. The molecule has 1 aliphatic carbocycles. The largest absolute Gasteiger partial charge is 0.299 e. The summed E-state index contributed by atoms with van der Waals surface area (Å²) in [4.78, 5) is 11.9. The van der Waals surface area contributed by atoms with Gasteiger partial charge in [0.05, 0.1) is 0 Å². The van der Waals surface area contributed by atoms with E-state index in [9.17, 15) is 9.18 Å². The van der Waals surface area contributed by atoms with Crippen LogP contribution in [0.4, 0.5) is 4.39 Å². The SMILES string of the molecule is O=C(CC1=CCCCC1)Cc1ccc(Cl)cc1F. The van der Waals surface area contributed by atoms with Gasteiger partial charge in [0.2, 0.25) is 0 Å². The zero-order valence-corrected chi connectivity index (χ0v) is 11.0. The molecule has 0 bridgehead atoms. The van der Waals surface area contributed by atoms with E-state index >= 15 is 0 Å². The summed E-state index contributed by atoms with van der Waals surface area (Å²) in [6, 6.07) is 4.46. The first-order chi connectivity index (χ1) is 8.65. The Hall–Kier alpha value is -1.15. The van der Waals surface area contributed by atoms with Crippen molar-refractivity contribution in [2.45, 2.75) is 38.5 Å². The second-order valence-corrected chi connectivity index (χ2v) is 5.17. The fourth-order valence-corrected chi connectivity index (χ4v) is 2.42. The number of carbonyl (C=O) groups excluding carboxylic acids is 1. The highest BCUT2D eigenvalue weighted by molar-refractivity contribution is 6.30. The molecule has 0 N–H and O–H groups in total. The van der Waals surface area contributed by atoms with Crippen LogP contribution in [-0.2, 0) is 11.2 Å². The molecule has 0 saturated heterocycles. The van der Waals surface area contributed by atoms with Gasteiger partial charge in [-0.3, -0.25) is 4.79 Å². The topological polar surface area (TPSA) is 17.1 Å². The van der Waals surface area contributed by atoms with E-state index in [1.54, 1.807) is 12.1 Å². The number of ketones is 1. The standard InChI is InChI=1S/C15H16ClFO/c16-13-7-6-12(15(17)10-13)9-14(18)8-11-4-2-1-3-5-11/h4,6-7,10H,1-3,5,8-9H2. The van der Waals surface area contributed by atoms with Gasteiger partial charge in [0.15, 0.2) is 0 Å². The first kappa shape index (κ1) is 13.3. The van der Waals surface area contributed by atoms with E-state index in [4.69, 9.17) is 11.6 Å². The quantitative estimate of drug-likeness (QED) is 0.735. The molecule has 0 fully saturated rings. The molecule has 0 heterocycles. The Morgan fingerprint density at radius 2 is 2.11 bits per heavy atom. The predicted octanol–water partition coefficient (Wildman–Crippen LogP) is 4.48. The van der Waals surface area contributed by atoms with Gasteiger partial charge in [-0.05, 0) is 43.4 Å². The van der Waals surface area contributed by atoms with Gasteiger partial charge < -0.3 is 0 Å². The van der Waals surface area contributed by atoms with Crippen LogP contribution in [-0.4, -0.2) is 5.78 Å². The first-order valence-electron chi connectivity index (χ1n) is 6.28. The van der Waals surface area contributed by atoms with Crippen molar-refractivity contribution < 1.29 is 9.18 Å². The van der Waals surface area contributed by atoms with Gasteiger partial charge in [-0.2, -0.15) is 0 Å². The lowest BCUT2D eigenvalue weighted by atomic mass is 9.94. The van der Waals surface area contributed by atoms with Crippen LogP contribution in [0.3, 0.4) is 0 Å². The van der Waals surface area contributed by atoms with E-state index in [1.807, 2.05) is 0 Å². The minimum Gasteiger partial charge on any atom is -0.299 e. The predicted molar refractivity (Wildman–Crippen MR) is 71.3 cm³/mol. The van der Waals surface area contributed by atoms with Gasteiger partial charge in [-0.1, -0.05) is 29.3 Å². The number of Topliss-reactive ketones (excluding diaryl/α,β-unsaturated/α-hetero) is 1. The molecular weight excluding hydrogens is 251 g/mol. The lowest BCUT2D eigenvalue weighted by molar-refractivity contribution is -0.117. The maximum absolute atomic E-state index is 13.5. The minimum atomic E-state index is -0.395. The van der Waals surface area contributed by atoms with Crippen LogP contribution in [0.2, 0.25) is 5.02 Å². The fraction of sp³-hybridized carbons (Fsp3) is 0.400. The van der Waals surface area contributed by atoms with Crippen molar-refractivity contribution in [2.24, 2.45) is 0 Å². The Balaban J connectivity index is 1.96. The Morgan fingerprint density at radius 3 is 2.78 bits per heavy atom. The summed E-state index contributed by atoms with van der Waals surface area (Å²) in [5.41, 5.74) is 1.64. The van der Waals surface area contributed by atoms with Crippen molar-refractivity contribution in [3.05, 3.63) is 46.3 Å². The molecule has 1 aliphatic rings. The van der Waals surface area contributed by atoms with Crippen LogP contribution in [0.15, 0.2) is 29.8 Å². The summed E-state index contributed by atoms with van der Waals surface area (Å²) in [7, 11) is 0. The number of allylic oxidation sites excluding steroid dienone is 2. The highest BCUT2D eigenvalue weighted by Gasteiger charge is 2.12. The van der Waals surface area contributed by atoms with Gasteiger partial charge in [-0.15, -0.1) is 0 Å².